The molecule has 1 aliphatic heterocycles. The fraction of sp³-hybridized carbons (Fsp3) is 0.318. The van der Waals surface area contributed by atoms with E-state index in [4.69, 9.17) is 9.47 Å². The van der Waals surface area contributed by atoms with Crippen molar-refractivity contribution in [2.45, 2.75) is 25.3 Å². The molecule has 146 valence electrons. The van der Waals surface area contributed by atoms with Crippen LogP contribution < -0.4 is 14.8 Å². The highest BCUT2D eigenvalue weighted by atomic mass is 79.9. The number of hydrogen-bond donors (Lipinski definition) is 2. The lowest BCUT2D eigenvalue weighted by Gasteiger charge is -2.38. The summed E-state index contributed by atoms with van der Waals surface area (Å²) in [6.07, 6.45) is 5.43. The number of nitrogens with one attached hydrogen (secondary N) is 1. The maximum atomic E-state index is 11.6. The molecule has 0 bridgehead atoms. The zero-order valence-corrected chi connectivity index (χ0v) is 17.5. The van der Waals surface area contributed by atoms with Crippen LogP contribution in [0, 0.1) is 12.8 Å². The van der Waals surface area contributed by atoms with Crippen LogP contribution >= 0.6 is 15.9 Å². The number of hydrogen-bond acceptors (Lipinski definition) is 4. The number of methoxy groups -OCH3 is 2. The highest BCUT2D eigenvalue weighted by Gasteiger charge is 2.39. The molecule has 2 N–H and O–H groups in total. The van der Waals surface area contributed by atoms with Gasteiger partial charge in [-0.05, 0) is 70.1 Å². The predicted molar refractivity (Wildman–Crippen MR) is 112 cm³/mol. The molecular weight excluding hydrogens is 422 g/mol. The number of carbonyl (C=O) groups is 1. The number of ether oxygens (including phenoxy) is 2. The largest absolute Gasteiger partial charge is 0.493 e. The van der Waals surface area contributed by atoms with Crippen LogP contribution in [-0.2, 0) is 0 Å². The number of aromatic carboxylic acids is 1. The van der Waals surface area contributed by atoms with Crippen molar-refractivity contribution in [1.82, 2.24) is 0 Å². The molecule has 0 unspecified atom stereocenters. The molecule has 0 spiro atoms. The molecule has 0 amide bonds. The van der Waals surface area contributed by atoms with Gasteiger partial charge in [-0.2, -0.15) is 0 Å². The van der Waals surface area contributed by atoms with Gasteiger partial charge in [0.05, 0.1) is 30.3 Å². The first kappa shape index (κ1) is 18.9. The van der Waals surface area contributed by atoms with Crippen molar-refractivity contribution in [3.05, 3.63) is 63.1 Å². The summed E-state index contributed by atoms with van der Waals surface area (Å²) in [5.41, 5.74) is 4.27. The quantitative estimate of drug-likeness (QED) is 0.627. The Morgan fingerprint density at radius 1 is 1.25 bits per heavy atom. The molecule has 3 atom stereocenters. The van der Waals surface area contributed by atoms with E-state index in [1.807, 2.05) is 19.1 Å². The lowest BCUT2D eigenvalue weighted by atomic mass is 9.76. The Hall–Kier alpha value is -2.47. The summed E-state index contributed by atoms with van der Waals surface area (Å²) in [4.78, 5) is 11.6. The number of carboxylic acid groups (broad SMARTS) is 1. The van der Waals surface area contributed by atoms with Crippen molar-refractivity contribution in [3.63, 3.8) is 0 Å². The maximum absolute atomic E-state index is 11.6. The number of allylic oxidation sites excluding steroid dienone is 2. The maximum Gasteiger partial charge on any atom is 0.336 e. The molecule has 1 heterocycles. The van der Waals surface area contributed by atoms with Gasteiger partial charge in [0, 0.05) is 11.6 Å². The Labute approximate surface area is 172 Å². The van der Waals surface area contributed by atoms with Crippen LogP contribution in [0.5, 0.6) is 11.5 Å². The van der Waals surface area contributed by atoms with Crippen molar-refractivity contribution < 1.29 is 19.4 Å². The van der Waals surface area contributed by atoms with Crippen LogP contribution in [0.3, 0.4) is 0 Å². The third-order valence-electron chi connectivity index (χ3n) is 5.84. The first-order valence-corrected chi connectivity index (χ1v) is 9.97. The van der Waals surface area contributed by atoms with Crippen LogP contribution in [0.2, 0.25) is 0 Å². The average molecular weight is 444 g/mol. The molecule has 1 aliphatic carbocycles. The van der Waals surface area contributed by atoms with E-state index < -0.39 is 5.97 Å². The van der Waals surface area contributed by atoms with E-state index in [0.717, 1.165) is 33.3 Å². The third-order valence-corrected chi connectivity index (χ3v) is 6.43. The molecule has 0 radical (unpaired) electrons. The van der Waals surface area contributed by atoms with Gasteiger partial charge in [0.2, 0.25) is 0 Å². The summed E-state index contributed by atoms with van der Waals surface area (Å²) in [6.45, 7) is 1.87. The van der Waals surface area contributed by atoms with Gasteiger partial charge in [0.1, 0.15) is 0 Å². The minimum Gasteiger partial charge on any atom is -0.493 e. The number of benzene rings is 2. The Kier molecular flexibility index (Phi) is 4.83. The third kappa shape index (κ3) is 2.87. The highest BCUT2D eigenvalue weighted by molar-refractivity contribution is 9.10. The molecular formula is C22H22BrNO4. The minimum absolute atomic E-state index is 0.0337. The van der Waals surface area contributed by atoms with Crippen LogP contribution in [0.1, 0.15) is 45.4 Å². The van der Waals surface area contributed by atoms with Gasteiger partial charge in [0.15, 0.2) is 11.5 Å². The summed E-state index contributed by atoms with van der Waals surface area (Å²) < 4.78 is 11.8. The zero-order chi connectivity index (χ0) is 20.0. The van der Waals surface area contributed by atoms with Gasteiger partial charge < -0.3 is 19.9 Å². The smallest absolute Gasteiger partial charge is 0.336 e. The monoisotopic (exact) mass is 443 g/mol. The molecule has 28 heavy (non-hydrogen) atoms. The van der Waals surface area contributed by atoms with Crippen molar-refractivity contribution in [3.8, 4) is 11.5 Å². The normalized spacial score (nSPS) is 22.2. The lowest BCUT2D eigenvalue weighted by molar-refractivity contribution is 0.0696. The summed E-state index contributed by atoms with van der Waals surface area (Å²) in [5, 5.41) is 13.2. The van der Waals surface area contributed by atoms with Crippen LogP contribution in [0.4, 0.5) is 5.69 Å². The van der Waals surface area contributed by atoms with Gasteiger partial charge in [0.25, 0.3) is 0 Å². The number of carboxylic acids is 1. The molecule has 2 aliphatic rings. The van der Waals surface area contributed by atoms with Crippen LogP contribution in [-0.4, -0.2) is 25.3 Å². The van der Waals surface area contributed by atoms with Gasteiger partial charge >= 0.3 is 5.97 Å². The summed E-state index contributed by atoms with van der Waals surface area (Å²) in [5.74, 6) is 1.03. The van der Waals surface area contributed by atoms with E-state index in [9.17, 15) is 9.90 Å². The topological polar surface area (TPSA) is 67.8 Å². The SMILES string of the molecule is COc1cc([C@@H]2Nc3c(ccc(C(=O)O)c3C)[C@@H]3C=CC[C@@H]32)cc(Br)c1OC. The molecule has 2 aromatic rings. The van der Waals surface area contributed by atoms with Gasteiger partial charge in [-0.1, -0.05) is 18.2 Å². The summed E-state index contributed by atoms with van der Waals surface area (Å²) in [7, 11) is 3.24. The first-order valence-electron chi connectivity index (χ1n) is 9.17. The molecule has 0 aromatic heterocycles. The Balaban J connectivity index is 1.84. The van der Waals surface area contributed by atoms with Crippen molar-refractivity contribution in [2.24, 2.45) is 5.92 Å². The summed E-state index contributed by atoms with van der Waals surface area (Å²) >= 11 is 3.59. The standard InChI is InChI=1S/C22H22BrNO4/c1-11-13(22(25)26)7-8-16-14-5-4-6-15(14)20(24-19(11)16)12-9-17(23)21(28-3)18(10-12)27-2/h4-5,7-10,14-15,20,24H,6H2,1-3H3,(H,25,26)/t14-,15+,20+/m1/s1. The van der Waals surface area contributed by atoms with E-state index in [1.54, 1.807) is 20.3 Å². The Morgan fingerprint density at radius 2 is 2.04 bits per heavy atom. The predicted octanol–water partition coefficient (Wildman–Crippen LogP) is 5.30. The van der Waals surface area contributed by atoms with E-state index in [2.05, 4.69) is 39.5 Å². The summed E-state index contributed by atoms with van der Waals surface area (Å²) in [6, 6.07) is 7.75. The fourth-order valence-electron chi connectivity index (χ4n) is 4.49. The lowest BCUT2D eigenvalue weighted by Crippen LogP contribution is -2.30. The van der Waals surface area contributed by atoms with Gasteiger partial charge in [-0.3, -0.25) is 0 Å². The van der Waals surface area contributed by atoms with Crippen LogP contribution in [0.25, 0.3) is 0 Å². The molecule has 4 rings (SSSR count). The van der Waals surface area contributed by atoms with Gasteiger partial charge in [-0.15, -0.1) is 0 Å². The number of halogens is 1. The molecule has 0 saturated heterocycles. The number of rotatable bonds is 4. The second-order valence-corrected chi connectivity index (χ2v) is 8.08. The molecule has 6 heteroatoms. The van der Waals surface area contributed by atoms with Gasteiger partial charge in [-0.25, -0.2) is 4.79 Å². The van der Waals surface area contributed by atoms with E-state index in [-0.39, 0.29) is 12.0 Å². The second-order valence-electron chi connectivity index (χ2n) is 7.22. The Bertz CT molecular complexity index is 985. The number of anilines is 1. The first-order chi connectivity index (χ1) is 13.5. The van der Waals surface area contributed by atoms with E-state index >= 15 is 0 Å². The molecule has 0 saturated carbocycles. The van der Waals surface area contributed by atoms with Crippen LogP contribution in [0.15, 0.2) is 40.9 Å². The molecule has 5 nitrogen and oxygen atoms in total. The fourth-order valence-corrected chi connectivity index (χ4v) is 5.12. The minimum atomic E-state index is -0.906. The van der Waals surface area contributed by atoms with E-state index in [1.165, 1.54) is 0 Å². The van der Waals surface area contributed by atoms with Crippen molar-refractivity contribution in [2.75, 3.05) is 19.5 Å². The molecule has 0 fully saturated rings. The van der Waals surface area contributed by atoms with E-state index in [0.29, 0.717) is 23.0 Å². The van der Waals surface area contributed by atoms with Crippen molar-refractivity contribution in [1.29, 1.82) is 0 Å². The zero-order valence-electron chi connectivity index (χ0n) is 16.0. The molecule has 2 aromatic carbocycles. The highest BCUT2D eigenvalue weighted by Crippen LogP contribution is 2.52. The second kappa shape index (κ2) is 7.17. The Morgan fingerprint density at radius 3 is 2.71 bits per heavy atom. The average Bonchev–Trinajstić information content (AvgIpc) is 3.16. The van der Waals surface area contributed by atoms with Crippen molar-refractivity contribution >= 4 is 27.6 Å². The number of fused-ring (bicyclic) bond motifs is 3.